The van der Waals surface area contributed by atoms with Crippen LogP contribution in [-0.2, 0) is 19.1 Å². The van der Waals surface area contributed by atoms with Crippen LogP contribution in [0.25, 0.3) is 0 Å². The topological polar surface area (TPSA) is 79.3 Å². The van der Waals surface area contributed by atoms with Gasteiger partial charge in [-0.1, -0.05) is 6.92 Å². The number of nitrogens with zero attached hydrogens (tertiary/aromatic N) is 2. The molecule has 7 heteroatoms. The minimum absolute atomic E-state index is 0.0306. The molecule has 3 atom stereocenters. The predicted octanol–water partition coefficient (Wildman–Crippen LogP) is -0.345. The number of hydrogen-bond donors (Lipinski definition) is 1. The third kappa shape index (κ3) is 3.93. The maximum atomic E-state index is 12.4. The molecule has 2 heterocycles. The van der Waals surface area contributed by atoms with E-state index in [4.69, 9.17) is 9.47 Å². The van der Waals surface area contributed by atoms with Gasteiger partial charge >= 0.3 is 5.97 Å². The smallest absolute Gasteiger partial charge is 0.310 e. The molecular weight excluding hydrogens is 276 g/mol. The van der Waals surface area contributed by atoms with Crippen LogP contribution < -0.4 is 0 Å². The highest BCUT2D eigenvalue weighted by molar-refractivity contribution is 5.78. The van der Waals surface area contributed by atoms with Crippen molar-refractivity contribution in [1.29, 1.82) is 0 Å². The zero-order valence-corrected chi connectivity index (χ0v) is 12.7. The van der Waals surface area contributed by atoms with Gasteiger partial charge in [0.15, 0.2) is 0 Å². The van der Waals surface area contributed by atoms with Crippen molar-refractivity contribution >= 4 is 11.9 Å². The minimum Gasteiger partial charge on any atom is -0.481 e. The van der Waals surface area contributed by atoms with Gasteiger partial charge in [-0.25, -0.2) is 0 Å². The first kappa shape index (κ1) is 16.2. The molecule has 2 aliphatic rings. The zero-order chi connectivity index (χ0) is 15.4. The quantitative estimate of drug-likeness (QED) is 0.748. The van der Waals surface area contributed by atoms with E-state index in [0.29, 0.717) is 32.8 Å². The van der Waals surface area contributed by atoms with E-state index in [2.05, 4.69) is 0 Å². The summed E-state index contributed by atoms with van der Waals surface area (Å²) in [7, 11) is 0. The number of amides is 1. The summed E-state index contributed by atoms with van der Waals surface area (Å²) in [5.74, 6) is -1.38. The molecule has 2 saturated heterocycles. The van der Waals surface area contributed by atoms with Crippen molar-refractivity contribution in [2.75, 3.05) is 46.0 Å². The summed E-state index contributed by atoms with van der Waals surface area (Å²) in [5.41, 5.74) is 0. The molecule has 120 valence electrons. The van der Waals surface area contributed by atoms with Crippen molar-refractivity contribution in [3.05, 3.63) is 0 Å². The van der Waals surface area contributed by atoms with Crippen molar-refractivity contribution in [1.82, 2.24) is 9.80 Å². The van der Waals surface area contributed by atoms with Crippen molar-refractivity contribution in [3.63, 3.8) is 0 Å². The van der Waals surface area contributed by atoms with Crippen LogP contribution in [0.15, 0.2) is 0 Å². The van der Waals surface area contributed by atoms with E-state index in [-0.39, 0.29) is 31.2 Å². The average molecular weight is 300 g/mol. The van der Waals surface area contributed by atoms with Gasteiger partial charge in [-0.2, -0.15) is 0 Å². The number of morpholine rings is 1. The zero-order valence-electron chi connectivity index (χ0n) is 12.7. The number of carboxylic acids is 1. The average Bonchev–Trinajstić information content (AvgIpc) is 2.94. The fourth-order valence-electron chi connectivity index (χ4n) is 2.92. The van der Waals surface area contributed by atoms with Gasteiger partial charge in [0.25, 0.3) is 0 Å². The summed E-state index contributed by atoms with van der Waals surface area (Å²) < 4.78 is 10.7. The molecule has 0 bridgehead atoms. The molecule has 0 aromatic heterocycles. The van der Waals surface area contributed by atoms with Crippen LogP contribution in [0.5, 0.6) is 0 Å². The predicted molar refractivity (Wildman–Crippen MR) is 75.0 cm³/mol. The molecule has 0 aliphatic carbocycles. The maximum Gasteiger partial charge on any atom is 0.310 e. The first-order valence-electron chi connectivity index (χ1n) is 7.47. The molecule has 2 fully saturated rings. The van der Waals surface area contributed by atoms with E-state index in [1.54, 1.807) is 4.90 Å². The van der Waals surface area contributed by atoms with E-state index >= 15 is 0 Å². The summed E-state index contributed by atoms with van der Waals surface area (Å²) in [5, 5.41) is 9.23. The largest absolute Gasteiger partial charge is 0.481 e. The summed E-state index contributed by atoms with van der Waals surface area (Å²) in [4.78, 5) is 27.3. The highest BCUT2D eigenvalue weighted by atomic mass is 16.5. The Morgan fingerprint density at radius 2 is 2.14 bits per heavy atom. The summed E-state index contributed by atoms with van der Waals surface area (Å²) in [6.45, 7) is 7.10. The molecule has 21 heavy (non-hydrogen) atoms. The molecule has 0 aromatic carbocycles. The number of ether oxygens (including phenoxy) is 2. The Hall–Kier alpha value is -1.18. The lowest BCUT2D eigenvalue weighted by atomic mass is 10.0. The van der Waals surface area contributed by atoms with Gasteiger partial charge in [0.1, 0.15) is 0 Å². The molecule has 1 amide bonds. The Bertz CT molecular complexity index is 390. The number of hydrogen-bond acceptors (Lipinski definition) is 5. The number of carbonyl (C=O) groups excluding carboxylic acids is 1. The molecule has 0 aromatic rings. The van der Waals surface area contributed by atoms with Crippen molar-refractivity contribution in [3.8, 4) is 0 Å². The van der Waals surface area contributed by atoms with Crippen LogP contribution in [0.4, 0.5) is 0 Å². The summed E-state index contributed by atoms with van der Waals surface area (Å²) in [6, 6.07) is -0.227. The fraction of sp³-hybridized carbons (Fsp3) is 0.857. The number of carboxylic acid groups (broad SMARTS) is 1. The van der Waals surface area contributed by atoms with Crippen LogP contribution in [-0.4, -0.2) is 84.9 Å². The molecule has 0 saturated carbocycles. The fourth-order valence-corrected chi connectivity index (χ4v) is 2.92. The van der Waals surface area contributed by atoms with Crippen LogP contribution in [0, 0.1) is 5.92 Å². The standard InChI is InChI=1S/C14H24N2O5/c1-3-15(12-9-20-8-11(12)14(18)19)7-13(17)16-4-5-21-10(2)6-16/h10-12H,3-9H2,1-2H3,(H,18,19). The van der Waals surface area contributed by atoms with E-state index in [9.17, 15) is 14.7 Å². The highest BCUT2D eigenvalue weighted by Crippen LogP contribution is 2.20. The Kier molecular flexibility index (Phi) is 5.55. The van der Waals surface area contributed by atoms with Gasteiger partial charge in [-0.15, -0.1) is 0 Å². The van der Waals surface area contributed by atoms with Crippen LogP contribution in [0.1, 0.15) is 13.8 Å². The van der Waals surface area contributed by atoms with Gasteiger partial charge in [0, 0.05) is 19.1 Å². The molecule has 0 spiro atoms. The van der Waals surface area contributed by atoms with Crippen molar-refractivity contribution in [2.45, 2.75) is 26.0 Å². The van der Waals surface area contributed by atoms with Crippen LogP contribution in [0.2, 0.25) is 0 Å². The van der Waals surface area contributed by atoms with E-state index in [0.717, 1.165) is 0 Å². The molecule has 3 unspecified atom stereocenters. The van der Waals surface area contributed by atoms with Crippen LogP contribution >= 0.6 is 0 Å². The lowest BCUT2D eigenvalue weighted by molar-refractivity contribution is -0.145. The second-order valence-electron chi connectivity index (χ2n) is 5.63. The third-order valence-electron chi connectivity index (χ3n) is 4.18. The third-order valence-corrected chi connectivity index (χ3v) is 4.18. The van der Waals surface area contributed by atoms with Gasteiger partial charge in [-0.05, 0) is 13.5 Å². The maximum absolute atomic E-state index is 12.4. The summed E-state index contributed by atoms with van der Waals surface area (Å²) in [6.07, 6.45) is 0.0550. The Morgan fingerprint density at radius 1 is 1.38 bits per heavy atom. The first-order valence-corrected chi connectivity index (χ1v) is 7.47. The van der Waals surface area contributed by atoms with E-state index in [1.807, 2.05) is 18.7 Å². The minimum atomic E-state index is -0.858. The summed E-state index contributed by atoms with van der Waals surface area (Å²) >= 11 is 0. The monoisotopic (exact) mass is 300 g/mol. The van der Waals surface area contributed by atoms with E-state index in [1.165, 1.54) is 0 Å². The second-order valence-corrected chi connectivity index (χ2v) is 5.63. The number of likely N-dealkylation sites (N-methyl/N-ethyl adjacent to an activating group) is 1. The molecular formula is C14H24N2O5. The highest BCUT2D eigenvalue weighted by Gasteiger charge is 2.38. The second kappa shape index (κ2) is 7.20. The number of rotatable bonds is 5. The molecule has 0 radical (unpaired) electrons. The van der Waals surface area contributed by atoms with Crippen molar-refractivity contribution in [2.24, 2.45) is 5.92 Å². The molecule has 7 nitrogen and oxygen atoms in total. The molecule has 2 rings (SSSR count). The Labute approximate surface area is 124 Å². The van der Waals surface area contributed by atoms with Crippen molar-refractivity contribution < 1.29 is 24.2 Å². The Balaban J connectivity index is 1.95. The molecule has 2 aliphatic heterocycles. The SMILES string of the molecule is CCN(CC(=O)N1CCOC(C)C1)C1COCC1C(=O)O. The van der Waals surface area contributed by atoms with Gasteiger partial charge in [-0.3, -0.25) is 14.5 Å². The normalized spacial score (nSPS) is 29.9. The van der Waals surface area contributed by atoms with Gasteiger partial charge in [0.05, 0.1) is 38.4 Å². The lowest BCUT2D eigenvalue weighted by Crippen LogP contribution is -2.51. The molecule has 1 N–H and O–H groups in total. The van der Waals surface area contributed by atoms with Crippen LogP contribution in [0.3, 0.4) is 0 Å². The Morgan fingerprint density at radius 3 is 2.76 bits per heavy atom. The first-order chi connectivity index (χ1) is 10.0. The van der Waals surface area contributed by atoms with Gasteiger partial charge < -0.3 is 19.5 Å². The number of aliphatic carboxylic acids is 1. The van der Waals surface area contributed by atoms with E-state index < -0.39 is 11.9 Å². The lowest BCUT2D eigenvalue weighted by Gasteiger charge is -2.34. The number of carbonyl (C=O) groups is 2. The van der Waals surface area contributed by atoms with Gasteiger partial charge in [0.2, 0.25) is 5.91 Å².